The van der Waals surface area contributed by atoms with Gasteiger partial charge >= 0.3 is 0 Å². The van der Waals surface area contributed by atoms with E-state index in [9.17, 15) is 0 Å². The molecule has 0 saturated heterocycles. The van der Waals surface area contributed by atoms with Crippen molar-refractivity contribution in [2.45, 2.75) is 32.2 Å². The van der Waals surface area contributed by atoms with Gasteiger partial charge in [0.15, 0.2) is 0 Å². The molecule has 2 heteroatoms. The maximum Gasteiger partial charge on any atom is 0.0556 e. The number of hydrogen-bond acceptors (Lipinski definition) is 2. The largest absolute Gasteiger partial charge is 0.289 e. The minimum atomic E-state index is 0.356. The van der Waals surface area contributed by atoms with Gasteiger partial charge in [-0.1, -0.05) is 13.0 Å². The molecule has 0 fully saturated rings. The fourth-order valence-electron chi connectivity index (χ4n) is 1.12. The van der Waals surface area contributed by atoms with Gasteiger partial charge in [0.1, 0.15) is 0 Å². The van der Waals surface area contributed by atoms with Gasteiger partial charge in [-0.05, 0) is 19.3 Å². The zero-order valence-corrected chi connectivity index (χ0v) is 5.75. The number of rotatable bonds is 1. The molecule has 0 spiro atoms. The maximum absolute atomic E-state index is 9.12. The first-order valence-corrected chi connectivity index (χ1v) is 3.48. The van der Waals surface area contributed by atoms with E-state index in [2.05, 4.69) is 6.92 Å². The standard InChI is InChI=1S/C7H13NO/c1-2-7-5-3-4-6-8(7)9/h4,6-7,9H,2-3,5H2,1H3. The molecular formula is C7H13NO. The topological polar surface area (TPSA) is 23.5 Å². The van der Waals surface area contributed by atoms with Gasteiger partial charge in [-0.2, -0.15) is 0 Å². The van der Waals surface area contributed by atoms with Gasteiger partial charge in [-0.25, -0.2) is 0 Å². The summed E-state index contributed by atoms with van der Waals surface area (Å²) in [7, 11) is 0. The fraction of sp³-hybridized carbons (Fsp3) is 0.714. The van der Waals surface area contributed by atoms with Crippen molar-refractivity contribution < 1.29 is 5.21 Å². The van der Waals surface area contributed by atoms with Crippen molar-refractivity contribution in [1.29, 1.82) is 0 Å². The van der Waals surface area contributed by atoms with E-state index in [1.807, 2.05) is 6.08 Å². The van der Waals surface area contributed by atoms with E-state index in [1.54, 1.807) is 6.20 Å². The fourth-order valence-corrected chi connectivity index (χ4v) is 1.12. The molecule has 1 N–H and O–H groups in total. The molecule has 1 unspecified atom stereocenters. The summed E-state index contributed by atoms with van der Waals surface area (Å²) in [5.74, 6) is 0. The van der Waals surface area contributed by atoms with E-state index in [1.165, 1.54) is 5.06 Å². The summed E-state index contributed by atoms with van der Waals surface area (Å²) < 4.78 is 0. The van der Waals surface area contributed by atoms with Crippen LogP contribution in [0.3, 0.4) is 0 Å². The second kappa shape index (κ2) is 2.87. The Balaban J connectivity index is 2.44. The normalized spacial score (nSPS) is 26.9. The molecule has 0 aromatic rings. The van der Waals surface area contributed by atoms with Crippen LogP contribution in [0.2, 0.25) is 0 Å². The predicted octanol–water partition coefficient (Wildman–Crippen LogP) is 1.76. The van der Waals surface area contributed by atoms with Crippen molar-refractivity contribution >= 4 is 0 Å². The van der Waals surface area contributed by atoms with Crippen LogP contribution in [0.25, 0.3) is 0 Å². The van der Waals surface area contributed by atoms with E-state index in [4.69, 9.17) is 5.21 Å². The Morgan fingerprint density at radius 1 is 1.78 bits per heavy atom. The summed E-state index contributed by atoms with van der Waals surface area (Å²) in [5, 5.41) is 10.4. The SMILES string of the molecule is CCC1CCC=CN1O. The van der Waals surface area contributed by atoms with Gasteiger partial charge in [0, 0.05) is 6.20 Å². The van der Waals surface area contributed by atoms with Gasteiger partial charge < -0.3 is 0 Å². The number of allylic oxidation sites excluding steroid dienone is 1. The molecule has 1 rings (SSSR count). The van der Waals surface area contributed by atoms with E-state index < -0.39 is 0 Å². The second-order valence-corrected chi connectivity index (χ2v) is 2.40. The molecule has 1 heterocycles. The van der Waals surface area contributed by atoms with Gasteiger partial charge in [0.05, 0.1) is 6.04 Å². The second-order valence-electron chi connectivity index (χ2n) is 2.40. The average molecular weight is 127 g/mol. The van der Waals surface area contributed by atoms with Crippen LogP contribution in [0.5, 0.6) is 0 Å². The Hall–Kier alpha value is -0.500. The van der Waals surface area contributed by atoms with Gasteiger partial charge in [0.25, 0.3) is 0 Å². The van der Waals surface area contributed by atoms with Crippen molar-refractivity contribution in [1.82, 2.24) is 5.06 Å². The van der Waals surface area contributed by atoms with Crippen molar-refractivity contribution in [3.05, 3.63) is 12.3 Å². The van der Waals surface area contributed by atoms with Gasteiger partial charge in [0.2, 0.25) is 0 Å². The molecule has 0 aromatic carbocycles. The molecule has 0 radical (unpaired) electrons. The number of nitrogens with zero attached hydrogens (tertiary/aromatic N) is 1. The summed E-state index contributed by atoms with van der Waals surface area (Å²) in [5.41, 5.74) is 0. The molecular weight excluding hydrogens is 114 g/mol. The van der Waals surface area contributed by atoms with Gasteiger partial charge in [-0.15, -0.1) is 0 Å². The molecule has 2 nitrogen and oxygen atoms in total. The van der Waals surface area contributed by atoms with Crippen LogP contribution in [-0.2, 0) is 0 Å². The molecule has 9 heavy (non-hydrogen) atoms. The van der Waals surface area contributed by atoms with Crippen LogP contribution in [-0.4, -0.2) is 16.3 Å². The average Bonchev–Trinajstić information content (AvgIpc) is 1.89. The molecule has 52 valence electrons. The lowest BCUT2D eigenvalue weighted by Crippen LogP contribution is -2.28. The highest BCUT2D eigenvalue weighted by Crippen LogP contribution is 2.14. The van der Waals surface area contributed by atoms with E-state index in [-0.39, 0.29) is 0 Å². The lowest BCUT2D eigenvalue weighted by molar-refractivity contribution is -0.0865. The Kier molecular flexibility index (Phi) is 2.11. The zero-order valence-electron chi connectivity index (χ0n) is 5.75. The van der Waals surface area contributed by atoms with Crippen LogP contribution < -0.4 is 0 Å². The van der Waals surface area contributed by atoms with Crippen LogP contribution in [0.15, 0.2) is 12.3 Å². The first kappa shape index (κ1) is 6.62. The molecule has 1 atom stereocenters. The Bertz CT molecular complexity index is 111. The lowest BCUT2D eigenvalue weighted by Gasteiger charge is -2.25. The van der Waals surface area contributed by atoms with Crippen LogP contribution in [0.4, 0.5) is 0 Å². The quantitative estimate of drug-likeness (QED) is 0.580. The molecule has 1 aliphatic rings. The maximum atomic E-state index is 9.12. The summed E-state index contributed by atoms with van der Waals surface area (Å²) in [6, 6.07) is 0.356. The highest BCUT2D eigenvalue weighted by atomic mass is 16.5. The highest BCUT2D eigenvalue weighted by Gasteiger charge is 2.12. The lowest BCUT2D eigenvalue weighted by atomic mass is 10.1. The zero-order chi connectivity index (χ0) is 6.69. The Morgan fingerprint density at radius 2 is 2.56 bits per heavy atom. The van der Waals surface area contributed by atoms with E-state index >= 15 is 0 Å². The molecule has 0 saturated carbocycles. The van der Waals surface area contributed by atoms with Crippen molar-refractivity contribution in [3.8, 4) is 0 Å². The van der Waals surface area contributed by atoms with E-state index in [0.29, 0.717) is 6.04 Å². The smallest absolute Gasteiger partial charge is 0.0556 e. The minimum absolute atomic E-state index is 0.356. The highest BCUT2D eigenvalue weighted by molar-refractivity contribution is 4.88. The summed E-state index contributed by atoms with van der Waals surface area (Å²) in [6.07, 6.45) is 6.96. The molecule has 0 bridgehead atoms. The third kappa shape index (κ3) is 1.45. The monoisotopic (exact) mass is 127 g/mol. The Labute approximate surface area is 55.7 Å². The summed E-state index contributed by atoms with van der Waals surface area (Å²) in [6.45, 7) is 2.09. The third-order valence-electron chi connectivity index (χ3n) is 1.77. The first-order chi connectivity index (χ1) is 4.34. The number of hydroxylamine groups is 2. The summed E-state index contributed by atoms with van der Waals surface area (Å²) in [4.78, 5) is 0. The summed E-state index contributed by atoms with van der Waals surface area (Å²) >= 11 is 0. The number of hydrogen-bond donors (Lipinski definition) is 1. The first-order valence-electron chi connectivity index (χ1n) is 3.48. The molecule has 0 amide bonds. The Morgan fingerprint density at radius 3 is 3.00 bits per heavy atom. The molecule has 0 aliphatic carbocycles. The van der Waals surface area contributed by atoms with Crippen LogP contribution >= 0.6 is 0 Å². The predicted molar refractivity (Wildman–Crippen MR) is 36.1 cm³/mol. The van der Waals surface area contributed by atoms with Crippen molar-refractivity contribution in [2.75, 3.05) is 0 Å². The molecule has 0 aromatic heterocycles. The van der Waals surface area contributed by atoms with Crippen molar-refractivity contribution in [2.24, 2.45) is 0 Å². The van der Waals surface area contributed by atoms with Crippen molar-refractivity contribution in [3.63, 3.8) is 0 Å². The van der Waals surface area contributed by atoms with Crippen LogP contribution in [0, 0.1) is 0 Å². The minimum Gasteiger partial charge on any atom is -0.289 e. The van der Waals surface area contributed by atoms with E-state index in [0.717, 1.165) is 19.3 Å². The van der Waals surface area contributed by atoms with Crippen LogP contribution in [0.1, 0.15) is 26.2 Å². The third-order valence-corrected chi connectivity index (χ3v) is 1.77. The van der Waals surface area contributed by atoms with Gasteiger partial charge in [-0.3, -0.25) is 10.3 Å². The molecule has 1 aliphatic heterocycles.